The highest BCUT2D eigenvalue weighted by molar-refractivity contribution is 5.80. The summed E-state index contributed by atoms with van der Waals surface area (Å²) in [5.41, 5.74) is -0.245. The van der Waals surface area contributed by atoms with E-state index in [0.717, 1.165) is 11.3 Å². The summed E-state index contributed by atoms with van der Waals surface area (Å²) in [6.07, 6.45) is -1.98. The number of hydrogen-bond acceptors (Lipinski definition) is 2. The van der Waals surface area contributed by atoms with Crippen LogP contribution in [0.4, 0.5) is 8.78 Å². The molecule has 0 aromatic carbocycles. The molecular formula is C7H9F2NO2. The summed E-state index contributed by atoms with van der Waals surface area (Å²) in [6.45, 7) is 1.38. The predicted octanol–water partition coefficient (Wildman–Crippen LogP) is 0.253. The molecule has 0 atom stereocenters. The van der Waals surface area contributed by atoms with Crippen LogP contribution in [0.15, 0.2) is 0 Å². The van der Waals surface area contributed by atoms with E-state index in [-0.39, 0.29) is 5.60 Å². The third kappa shape index (κ3) is 0.998. The van der Waals surface area contributed by atoms with Crippen LogP contribution in [-0.2, 0) is 9.53 Å². The summed E-state index contributed by atoms with van der Waals surface area (Å²) in [5, 5.41) is 0. The van der Waals surface area contributed by atoms with E-state index in [1.165, 1.54) is 0 Å². The van der Waals surface area contributed by atoms with Crippen LogP contribution in [0.2, 0.25) is 0 Å². The molecule has 0 saturated carbocycles. The monoisotopic (exact) mass is 177 g/mol. The molecule has 12 heavy (non-hydrogen) atoms. The number of ether oxygens (including phenoxy) is 1. The fourth-order valence-corrected chi connectivity index (χ4v) is 1.58. The molecule has 5 heteroatoms. The van der Waals surface area contributed by atoms with E-state index in [1.54, 1.807) is 0 Å². The number of amides is 1. The predicted molar refractivity (Wildman–Crippen MR) is 35.9 cm³/mol. The van der Waals surface area contributed by atoms with E-state index < -0.39 is 12.3 Å². The van der Waals surface area contributed by atoms with Crippen molar-refractivity contribution in [1.82, 2.24) is 4.90 Å². The Morgan fingerprint density at radius 3 is 2.42 bits per heavy atom. The second-order valence-electron chi connectivity index (χ2n) is 3.28. The van der Waals surface area contributed by atoms with Crippen molar-refractivity contribution in [2.75, 3.05) is 19.7 Å². The Kier molecular flexibility index (Phi) is 1.57. The molecule has 0 aliphatic carbocycles. The molecule has 2 saturated heterocycles. The number of nitrogens with zero attached hydrogens (tertiary/aromatic N) is 1. The zero-order chi connectivity index (χ0) is 8.77. The van der Waals surface area contributed by atoms with Crippen LogP contribution in [0.25, 0.3) is 0 Å². The fraction of sp³-hybridized carbons (Fsp3) is 0.857. The quantitative estimate of drug-likeness (QED) is 0.574. The number of rotatable bonds is 1. The van der Waals surface area contributed by atoms with Crippen LogP contribution >= 0.6 is 0 Å². The van der Waals surface area contributed by atoms with Gasteiger partial charge in [-0.25, -0.2) is 0 Å². The molecule has 0 aromatic rings. The third-order valence-electron chi connectivity index (χ3n) is 2.42. The average molecular weight is 177 g/mol. The highest BCUT2D eigenvalue weighted by Crippen LogP contribution is 2.36. The van der Waals surface area contributed by atoms with Crippen LogP contribution in [-0.4, -0.2) is 42.5 Å². The van der Waals surface area contributed by atoms with Crippen molar-refractivity contribution in [3.8, 4) is 0 Å². The largest absolute Gasteiger partial charge is 0.371 e. The standard InChI is InChI=1S/C7H9F2NO2/c8-5(9)6(11)10-3-7(4-10)1-2-12-7/h5H,1-4H2. The van der Waals surface area contributed by atoms with Gasteiger partial charge in [0.15, 0.2) is 0 Å². The van der Waals surface area contributed by atoms with Crippen molar-refractivity contribution in [2.45, 2.75) is 18.4 Å². The van der Waals surface area contributed by atoms with Gasteiger partial charge in [0, 0.05) is 6.42 Å². The third-order valence-corrected chi connectivity index (χ3v) is 2.42. The summed E-state index contributed by atoms with van der Waals surface area (Å²) < 4.78 is 28.9. The highest BCUT2D eigenvalue weighted by Gasteiger charge is 2.51. The van der Waals surface area contributed by atoms with Gasteiger partial charge in [-0.1, -0.05) is 0 Å². The first-order valence-corrected chi connectivity index (χ1v) is 3.84. The molecule has 1 spiro atoms. The van der Waals surface area contributed by atoms with Gasteiger partial charge in [-0.05, 0) is 0 Å². The number of likely N-dealkylation sites (tertiary alicyclic amines) is 1. The Labute approximate surface area is 68.3 Å². The summed E-state index contributed by atoms with van der Waals surface area (Å²) in [4.78, 5) is 11.8. The normalized spacial score (nSPS) is 25.4. The summed E-state index contributed by atoms with van der Waals surface area (Å²) in [6, 6.07) is 0. The van der Waals surface area contributed by atoms with Crippen molar-refractivity contribution < 1.29 is 18.3 Å². The average Bonchev–Trinajstić information content (AvgIpc) is 1.80. The second-order valence-corrected chi connectivity index (χ2v) is 3.28. The lowest BCUT2D eigenvalue weighted by atomic mass is 9.86. The number of carbonyl (C=O) groups excluding carboxylic acids is 1. The van der Waals surface area contributed by atoms with Gasteiger partial charge in [-0.15, -0.1) is 0 Å². The Bertz CT molecular complexity index is 207. The Morgan fingerprint density at radius 2 is 2.08 bits per heavy atom. The second kappa shape index (κ2) is 2.39. The lowest BCUT2D eigenvalue weighted by Gasteiger charge is -2.54. The molecule has 0 unspecified atom stereocenters. The molecule has 3 nitrogen and oxygen atoms in total. The molecule has 2 aliphatic rings. The molecule has 0 bridgehead atoms. The molecule has 0 N–H and O–H groups in total. The molecule has 2 aliphatic heterocycles. The number of alkyl halides is 2. The summed E-state index contributed by atoms with van der Waals surface area (Å²) >= 11 is 0. The van der Waals surface area contributed by atoms with E-state index in [2.05, 4.69) is 0 Å². The number of halogens is 2. The minimum atomic E-state index is -2.87. The number of hydrogen-bond donors (Lipinski definition) is 0. The van der Waals surface area contributed by atoms with Gasteiger partial charge >= 0.3 is 6.43 Å². The van der Waals surface area contributed by atoms with Crippen LogP contribution in [0.3, 0.4) is 0 Å². The van der Waals surface area contributed by atoms with E-state index >= 15 is 0 Å². The van der Waals surface area contributed by atoms with Gasteiger partial charge in [-0.2, -0.15) is 8.78 Å². The zero-order valence-corrected chi connectivity index (χ0v) is 6.43. The van der Waals surface area contributed by atoms with E-state index in [4.69, 9.17) is 4.74 Å². The fourth-order valence-electron chi connectivity index (χ4n) is 1.58. The molecule has 2 rings (SSSR count). The topological polar surface area (TPSA) is 29.5 Å². The summed E-state index contributed by atoms with van der Waals surface area (Å²) in [5.74, 6) is -1.07. The molecular weight excluding hydrogens is 168 g/mol. The first kappa shape index (κ1) is 7.91. The van der Waals surface area contributed by atoms with Crippen LogP contribution in [0.1, 0.15) is 6.42 Å². The maximum Gasteiger partial charge on any atom is 0.315 e. The van der Waals surface area contributed by atoms with Crippen molar-refractivity contribution in [3.63, 3.8) is 0 Å². The highest BCUT2D eigenvalue weighted by atomic mass is 19.3. The van der Waals surface area contributed by atoms with E-state index in [0.29, 0.717) is 19.7 Å². The molecule has 2 heterocycles. The van der Waals surface area contributed by atoms with Gasteiger partial charge in [0.05, 0.1) is 19.7 Å². The molecule has 1 amide bonds. The van der Waals surface area contributed by atoms with Crippen molar-refractivity contribution in [3.05, 3.63) is 0 Å². The van der Waals surface area contributed by atoms with E-state index in [1.807, 2.05) is 0 Å². The van der Waals surface area contributed by atoms with Crippen LogP contribution in [0.5, 0.6) is 0 Å². The first-order chi connectivity index (χ1) is 5.63. The maximum atomic E-state index is 11.8. The van der Waals surface area contributed by atoms with Crippen molar-refractivity contribution in [2.24, 2.45) is 0 Å². The van der Waals surface area contributed by atoms with Gasteiger partial charge in [0.1, 0.15) is 5.60 Å². The molecule has 2 fully saturated rings. The van der Waals surface area contributed by atoms with Crippen molar-refractivity contribution >= 4 is 5.91 Å². The molecule has 0 aromatic heterocycles. The summed E-state index contributed by atoms with van der Waals surface area (Å²) in [7, 11) is 0. The number of carbonyl (C=O) groups is 1. The minimum absolute atomic E-state index is 0.245. The SMILES string of the molecule is O=C(C(F)F)N1CC2(CCO2)C1. The lowest BCUT2D eigenvalue weighted by Crippen LogP contribution is -2.70. The van der Waals surface area contributed by atoms with Crippen LogP contribution < -0.4 is 0 Å². The lowest BCUT2D eigenvalue weighted by molar-refractivity contribution is -0.225. The maximum absolute atomic E-state index is 11.8. The Balaban J connectivity index is 1.84. The molecule has 68 valence electrons. The minimum Gasteiger partial charge on any atom is -0.371 e. The van der Waals surface area contributed by atoms with Crippen molar-refractivity contribution in [1.29, 1.82) is 0 Å². The smallest absolute Gasteiger partial charge is 0.315 e. The van der Waals surface area contributed by atoms with Gasteiger partial charge < -0.3 is 9.64 Å². The Hall–Kier alpha value is -0.710. The Morgan fingerprint density at radius 1 is 1.50 bits per heavy atom. The molecule has 0 radical (unpaired) electrons. The first-order valence-electron chi connectivity index (χ1n) is 3.84. The van der Waals surface area contributed by atoms with Gasteiger partial charge in [0.25, 0.3) is 5.91 Å². The van der Waals surface area contributed by atoms with E-state index in [9.17, 15) is 13.6 Å². The van der Waals surface area contributed by atoms with Gasteiger partial charge in [0.2, 0.25) is 0 Å². The van der Waals surface area contributed by atoms with Gasteiger partial charge in [-0.3, -0.25) is 4.79 Å². The zero-order valence-electron chi connectivity index (χ0n) is 6.43. The van der Waals surface area contributed by atoms with Crippen LogP contribution in [0, 0.1) is 0 Å².